The average Bonchev–Trinajstić information content (AvgIpc) is 2.71. The molecule has 0 atom stereocenters. The fourth-order valence-electron chi connectivity index (χ4n) is 2.65. The molecule has 0 fully saturated rings. The minimum Gasteiger partial charge on any atom is -0.490 e. The van der Waals surface area contributed by atoms with Crippen LogP contribution in [0.15, 0.2) is 36.4 Å². The molecule has 0 saturated carbocycles. The Labute approximate surface area is 171 Å². The standard InChI is InChI=1S/C22H28N2O5/c1-5-12-28-18-11-10-17(13-19(18)27-6-2)22(26)24-23-20(25)14-29-21-15(3)8-7-9-16(21)4/h7-11,13H,5-6,12,14H2,1-4H3,(H,23,25)(H,24,26). The number of amides is 2. The molecule has 0 heterocycles. The molecule has 2 rings (SSSR count). The van der Waals surface area contributed by atoms with Gasteiger partial charge in [0.1, 0.15) is 5.75 Å². The van der Waals surface area contributed by atoms with Crippen molar-refractivity contribution in [1.29, 1.82) is 0 Å². The van der Waals surface area contributed by atoms with E-state index in [1.54, 1.807) is 18.2 Å². The third-order valence-electron chi connectivity index (χ3n) is 4.04. The molecule has 156 valence electrons. The van der Waals surface area contributed by atoms with Crippen molar-refractivity contribution in [3.05, 3.63) is 53.1 Å². The summed E-state index contributed by atoms with van der Waals surface area (Å²) < 4.78 is 16.7. The van der Waals surface area contributed by atoms with Crippen LogP contribution in [0.2, 0.25) is 0 Å². The molecule has 7 nitrogen and oxygen atoms in total. The van der Waals surface area contributed by atoms with Gasteiger partial charge in [-0.3, -0.25) is 20.4 Å². The normalized spacial score (nSPS) is 10.2. The van der Waals surface area contributed by atoms with Crippen LogP contribution in [0.4, 0.5) is 0 Å². The molecule has 0 aliphatic carbocycles. The minimum atomic E-state index is -0.464. The van der Waals surface area contributed by atoms with Crippen LogP contribution in [0.3, 0.4) is 0 Å². The van der Waals surface area contributed by atoms with E-state index < -0.39 is 11.8 Å². The molecule has 0 saturated heterocycles. The van der Waals surface area contributed by atoms with Gasteiger partial charge < -0.3 is 14.2 Å². The summed E-state index contributed by atoms with van der Waals surface area (Å²) in [5.41, 5.74) is 6.96. The zero-order valence-corrected chi connectivity index (χ0v) is 17.3. The number of aryl methyl sites for hydroxylation is 2. The number of hydrogen-bond acceptors (Lipinski definition) is 5. The summed E-state index contributed by atoms with van der Waals surface area (Å²) in [5.74, 6) is 0.801. The second-order valence-electron chi connectivity index (χ2n) is 6.45. The Kier molecular flexibility index (Phi) is 8.33. The lowest BCUT2D eigenvalue weighted by atomic mass is 10.1. The molecule has 0 radical (unpaired) electrons. The Hall–Kier alpha value is -3.22. The Morgan fingerprint density at radius 1 is 0.897 bits per heavy atom. The van der Waals surface area contributed by atoms with E-state index >= 15 is 0 Å². The van der Waals surface area contributed by atoms with E-state index in [1.165, 1.54) is 0 Å². The van der Waals surface area contributed by atoms with Gasteiger partial charge in [-0.25, -0.2) is 0 Å². The van der Waals surface area contributed by atoms with Gasteiger partial charge in [0.05, 0.1) is 13.2 Å². The zero-order valence-electron chi connectivity index (χ0n) is 17.3. The summed E-state index contributed by atoms with van der Waals surface area (Å²) in [4.78, 5) is 24.4. The number of benzene rings is 2. The van der Waals surface area contributed by atoms with Crippen LogP contribution in [0.25, 0.3) is 0 Å². The monoisotopic (exact) mass is 400 g/mol. The molecular formula is C22H28N2O5. The maximum absolute atomic E-state index is 12.4. The highest BCUT2D eigenvalue weighted by molar-refractivity contribution is 5.96. The molecular weight excluding hydrogens is 372 g/mol. The Morgan fingerprint density at radius 2 is 1.62 bits per heavy atom. The van der Waals surface area contributed by atoms with Gasteiger partial charge >= 0.3 is 0 Å². The van der Waals surface area contributed by atoms with E-state index in [1.807, 2.05) is 45.9 Å². The maximum Gasteiger partial charge on any atom is 0.276 e. The van der Waals surface area contributed by atoms with E-state index in [2.05, 4.69) is 10.9 Å². The fraction of sp³-hybridized carbons (Fsp3) is 0.364. The molecule has 0 bridgehead atoms. The number of hydrogen-bond donors (Lipinski definition) is 2. The zero-order chi connectivity index (χ0) is 21.2. The molecule has 0 unspecified atom stereocenters. The number of ether oxygens (including phenoxy) is 3. The van der Waals surface area contributed by atoms with E-state index in [9.17, 15) is 9.59 Å². The largest absolute Gasteiger partial charge is 0.490 e. The Balaban J connectivity index is 1.92. The van der Waals surface area contributed by atoms with Crippen LogP contribution in [0.1, 0.15) is 41.8 Å². The van der Waals surface area contributed by atoms with Gasteiger partial charge in [0.15, 0.2) is 18.1 Å². The van der Waals surface area contributed by atoms with Gasteiger partial charge in [0.25, 0.3) is 11.8 Å². The molecule has 0 aliphatic rings. The van der Waals surface area contributed by atoms with E-state index in [0.29, 0.717) is 36.0 Å². The fourth-order valence-corrected chi connectivity index (χ4v) is 2.65. The first kappa shape index (κ1) is 22.1. The summed E-state index contributed by atoms with van der Waals surface area (Å²) in [6.45, 7) is 8.47. The van der Waals surface area contributed by atoms with Crippen molar-refractivity contribution in [2.75, 3.05) is 19.8 Å². The van der Waals surface area contributed by atoms with Crippen LogP contribution < -0.4 is 25.1 Å². The van der Waals surface area contributed by atoms with Crippen molar-refractivity contribution >= 4 is 11.8 Å². The highest BCUT2D eigenvalue weighted by Gasteiger charge is 2.13. The summed E-state index contributed by atoms with van der Waals surface area (Å²) in [6, 6.07) is 10.6. The van der Waals surface area contributed by atoms with Crippen molar-refractivity contribution in [1.82, 2.24) is 10.9 Å². The minimum absolute atomic E-state index is 0.208. The first-order valence-electron chi connectivity index (χ1n) is 9.64. The predicted molar refractivity (Wildman–Crippen MR) is 110 cm³/mol. The van der Waals surface area contributed by atoms with Crippen molar-refractivity contribution < 1.29 is 23.8 Å². The van der Waals surface area contributed by atoms with Gasteiger partial charge in [-0.15, -0.1) is 0 Å². The van der Waals surface area contributed by atoms with Gasteiger partial charge in [-0.05, 0) is 56.5 Å². The number of carbonyl (C=O) groups excluding carboxylic acids is 2. The first-order chi connectivity index (χ1) is 14.0. The lowest BCUT2D eigenvalue weighted by Crippen LogP contribution is -2.43. The lowest BCUT2D eigenvalue weighted by Gasteiger charge is -2.14. The van der Waals surface area contributed by atoms with Crippen molar-refractivity contribution in [3.63, 3.8) is 0 Å². The van der Waals surface area contributed by atoms with E-state index in [0.717, 1.165) is 17.5 Å². The molecule has 2 amide bonds. The van der Waals surface area contributed by atoms with Crippen LogP contribution >= 0.6 is 0 Å². The molecule has 0 spiro atoms. The van der Waals surface area contributed by atoms with E-state index in [4.69, 9.17) is 14.2 Å². The van der Waals surface area contributed by atoms with Crippen LogP contribution in [0.5, 0.6) is 17.2 Å². The quantitative estimate of drug-likeness (QED) is 0.631. The number of rotatable bonds is 9. The van der Waals surface area contributed by atoms with Crippen LogP contribution in [0, 0.1) is 13.8 Å². The second kappa shape index (κ2) is 10.9. The number of para-hydroxylation sites is 1. The molecule has 29 heavy (non-hydrogen) atoms. The van der Waals surface area contributed by atoms with Crippen molar-refractivity contribution in [2.45, 2.75) is 34.1 Å². The summed E-state index contributed by atoms with van der Waals surface area (Å²) in [7, 11) is 0. The molecule has 0 aliphatic heterocycles. The Bertz CT molecular complexity index is 831. The van der Waals surface area contributed by atoms with Gasteiger partial charge in [0.2, 0.25) is 0 Å². The van der Waals surface area contributed by atoms with Crippen molar-refractivity contribution in [2.24, 2.45) is 0 Å². The molecule has 2 N–H and O–H groups in total. The second-order valence-corrected chi connectivity index (χ2v) is 6.45. The lowest BCUT2D eigenvalue weighted by molar-refractivity contribution is -0.123. The van der Waals surface area contributed by atoms with Gasteiger partial charge in [-0.2, -0.15) is 0 Å². The molecule has 0 aromatic heterocycles. The van der Waals surface area contributed by atoms with Crippen molar-refractivity contribution in [3.8, 4) is 17.2 Å². The topological polar surface area (TPSA) is 85.9 Å². The number of nitrogens with one attached hydrogen (secondary N) is 2. The average molecular weight is 400 g/mol. The summed E-state index contributed by atoms with van der Waals surface area (Å²) in [6.07, 6.45) is 0.865. The maximum atomic E-state index is 12.4. The van der Waals surface area contributed by atoms with Gasteiger partial charge in [-0.1, -0.05) is 25.1 Å². The van der Waals surface area contributed by atoms with Crippen LogP contribution in [-0.4, -0.2) is 31.6 Å². The SMILES string of the molecule is CCCOc1ccc(C(=O)NNC(=O)COc2c(C)cccc2C)cc1OCC. The first-order valence-corrected chi connectivity index (χ1v) is 9.64. The molecule has 2 aromatic carbocycles. The third-order valence-corrected chi connectivity index (χ3v) is 4.04. The predicted octanol–water partition coefficient (Wildman–Crippen LogP) is 3.33. The summed E-state index contributed by atoms with van der Waals surface area (Å²) in [5, 5.41) is 0. The van der Waals surface area contributed by atoms with E-state index in [-0.39, 0.29) is 6.61 Å². The highest BCUT2D eigenvalue weighted by atomic mass is 16.5. The third kappa shape index (κ3) is 6.41. The number of carbonyl (C=O) groups is 2. The molecule has 7 heteroatoms. The Morgan fingerprint density at radius 3 is 2.28 bits per heavy atom. The summed E-state index contributed by atoms with van der Waals surface area (Å²) >= 11 is 0. The molecule has 2 aromatic rings. The highest BCUT2D eigenvalue weighted by Crippen LogP contribution is 2.28. The van der Waals surface area contributed by atoms with Gasteiger partial charge in [0, 0.05) is 5.56 Å². The smallest absolute Gasteiger partial charge is 0.276 e. The van der Waals surface area contributed by atoms with Crippen LogP contribution in [-0.2, 0) is 4.79 Å². The number of hydrazine groups is 1.